The van der Waals surface area contributed by atoms with Crippen LogP contribution in [0, 0.1) is 6.92 Å². The minimum Gasteiger partial charge on any atom is -0.338 e. The van der Waals surface area contributed by atoms with Crippen molar-refractivity contribution in [1.29, 1.82) is 0 Å². The number of imidazole rings is 1. The fraction of sp³-hybridized carbons (Fsp3) is 0.333. The minimum absolute atomic E-state index is 0.0654. The Morgan fingerprint density at radius 2 is 2.07 bits per heavy atom. The van der Waals surface area contributed by atoms with Crippen molar-refractivity contribution in [1.82, 2.24) is 24.4 Å². The molecule has 4 heterocycles. The number of pyridine rings is 2. The van der Waals surface area contributed by atoms with Crippen LogP contribution in [-0.4, -0.2) is 43.4 Å². The SMILES string of the molecule is Cc1ccncc1C(=O)N1CCC[C@@H](c2nccn2Cc2cccnc2)C1. The number of hydrogen-bond donors (Lipinski definition) is 0. The van der Waals surface area contributed by atoms with Crippen LogP contribution in [0.1, 0.15) is 46.1 Å². The second kappa shape index (κ2) is 7.70. The van der Waals surface area contributed by atoms with Gasteiger partial charge in [0.05, 0.1) is 12.1 Å². The summed E-state index contributed by atoms with van der Waals surface area (Å²) >= 11 is 0. The van der Waals surface area contributed by atoms with Crippen molar-refractivity contribution in [3.05, 3.63) is 77.9 Å². The molecule has 0 bridgehead atoms. The number of aromatic nitrogens is 4. The van der Waals surface area contributed by atoms with E-state index in [9.17, 15) is 4.79 Å². The second-order valence-electron chi connectivity index (χ2n) is 7.06. The van der Waals surface area contributed by atoms with Crippen molar-refractivity contribution >= 4 is 5.91 Å². The zero-order valence-electron chi connectivity index (χ0n) is 15.5. The Balaban J connectivity index is 1.52. The van der Waals surface area contributed by atoms with Gasteiger partial charge >= 0.3 is 0 Å². The summed E-state index contributed by atoms with van der Waals surface area (Å²) in [5.74, 6) is 1.35. The highest BCUT2D eigenvalue weighted by molar-refractivity contribution is 5.95. The van der Waals surface area contributed by atoms with E-state index < -0.39 is 0 Å². The molecule has 0 saturated carbocycles. The summed E-state index contributed by atoms with van der Waals surface area (Å²) in [6.07, 6.45) is 12.9. The number of hydrogen-bond acceptors (Lipinski definition) is 4. The standard InChI is InChI=1S/C21H23N5O/c1-16-6-8-23-13-19(16)21(27)26-10-3-5-18(15-26)20-24-9-11-25(20)14-17-4-2-7-22-12-17/h2,4,6-9,11-13,18H,3,5,10,14-15H2,1H3/t18-/m1/s1. The third kappa shape index (κ3) is 3.74. The van der Waals surface area contributed by atoms with Gasteiger partial charge in [0.25, 0.3) is 5.91 Å². The molecule has 1 aliphatic rings. The Hall–Kier alpha value is -3.02. The van der Waals surface area contributed by atoms with Gasteiger partial charge in [-0.1, -0.05) is 6.07 Å². The molecule has 1 saturated heterocycles. The van der Waals surface area contributed by atoms with Gasteiger partial charge in [-0.3, -0.25) is 14.8 Å². The normalized spacial score (nSPS) is 17.1. The van der Waals surface area contributed by atoms with Gasteiger partial charge in [0.2, 0.25) is 0 Å². The van der Waals surface area contributed by atoms with Gasteiger partial charge in [0.1, 0.15) is 5.82 Å². The fourth-order valence-corrected chi connectivity index (χ4v) is 3.73. The molecular weight excluding hydrogens is 338 g/mol. The molecule has 1 aliphatic heterocycles. The van der Waals surface area contributed by atoms with Crippen molar-refractivity contribution in [2.75, 3.05) is 13.1 Å². The fourth-order valence-electron chi connectivity index (χ4n) is 3.73. The van der Waals surface area contributed by atoms with Crippen LogP contribution >= 0.6 is 0 Å². The Kier molecular flexibility index (Phi) is 4.96. The molecule has 0 spiro atoms. The molecule has 1 atom stereocenters. The van der Waals surface area contributed by atoms with E-state index in [0.717, 1.165) is 42.9 Å². The Morgan fingerprint density at radius 1 is 1.19 bits per heavy atom. The first-order valence-corrected chi connectivity index (χ1v) is 9.32. The van der Waals surface area contributed by atoms with Crippen LogP contribution < -0.4 is 0 Å². The lowest BCUT2D eigenvalue weighted by Crippen LogP contribution is -2.40. The summed E-state index contributed by atoms with van der Waals surface area (Å²) in [7, 11) is 0. The highest BCUT2D eigenvalue weighted by Crippen LogP contribution is 2.27. The van der Waals surface area contributed by atoms with Crippen molar-refractivity contribution in [3.63, 3.8) is 0 Å². The molecule has 0 radical (unpaired) electrons. The summed E-state index contributed by atoms with van der Waals surface area (Å²) in [4.78, 5) is 27.8. The number of aryl methyl sites for hydroxylation is 1. The van der Waals surface area contributed by atoms with Gasteiger partial charge in [-0.2, -0.15) is 0 Å². The lowest BCUT2D eigenvalue weighted by Gasteiger charge is -2.33. The van der Waals surface area contributed by atoms with Gasteiger partial charge < -0.3 is 9.47 Å². The molecule has 27 heavy (non-hydrogen) atoms. The molecule has 1 amide bonds. The number of piperidine rings is 1. The number of carbonyl (C=O) groups excluding carboxylic acids is 1. The van der Waals surface area contributed by atoms with Crippen molar-refractivity contribution in [2.45, 2.75) is 32.2 Å². The van der Waals surface area contributed by atoms with Gasteiger partial charge in [0.15, 0.2) is 0 Å². The molecular formula is C21H23N5O. The van der Waals surface area contributed by atoms with E-state index >= 15 is 0 Å². The molecule has 0 aromatic carbocycles. The molecule has 6 nitrogen and oxygen atoms in total. The van der Waals surface area contributed by atoms with Crippen LogP contribution in [0.2, 0.25) is 0 Å². The molecule has 3 aromatic rings. The smallest absolute Gasteiger partial charge is 0.255 e. The molecule has 138 valence electrons. The van der Waals surface area contributed by atoms with Crippen molar-refractivity contribution < 1.29 is 4.79 Å². The zero-order valence-corrected chi connectivity index (χ0v) is 15.5. The monoisotopic (exact) mass is 361 g/mol. The third-order valence-corrected chi connectivity index (χ3v) is 5.17. The first kappa shape index (κ1) is 17.4. The van der Waals surface area contributed by atoms with Crippen LogP contribution in [0.25, 0.3) is 0 Å². The van der Waals surface area contributed by atoms with E-state index in [4.69, 9.17) is 0 Å². The summed E-state index contributed by atoms with van der Waals surface area (Å²) in [5.41, 5.74) is 2.80. The average molecular weight is 361 g/mol. The number of amides is 1. The highest BCUT2D eigenvalue weighted by atomic mass is 16.2. The lowest BCUT2D eigenvalue weighted by atomic mass is 9.96. The summed E-state index contributed by atoms with van der Waals surface area (Å²) in [6, 6.07) is 5.90. The maximum atomic E-state index is 13.0. The van der Waals surface area contributed by atoms with Crippen molar-refractivity contribution in [2.24, 2.45) is 0 Å². The molecule has 4 rings (SSSR count). The molecule has 3 aromatic heterocycles. The van der Waals surface area contributed by atoms with Gasteiger partial charge in [-0.05, 0) is 43.0 Å². The van der Waals surface area contributed by atoms with Crippen LogP contribution in [0.5, 0.6) is 0 Å². The van der Waals surface area contributed by atoms with E-state index in [2.05, 4.69) is 25.6 Å². The lowest BCUT2D eigenvalue weighted by molar-refractivity contribution is 0.0702. The number of nitrogens with zero attached hydrogens (tertiary/aromatic N) is 5. The zero-order chi connectivity index (χ0) is 18.6. The average Bonchev–Trinajstić information content (AvgIpc) is 3.17. The summed E-state index contributed by atoms with van der Waals surface area (Å²) < 4.78 is 2.17. The molecule has 0 unspecified atom stereocenters. The molecule has 1 fully saturated rings. The predicted molar refractivity (Wildman–Crippen MR) is 102 cm³/mol. The topological polar surface area (TPSA) is 63.9 Å². The maximum Gasteiger partial charge on any atom is 0.255 e. The first-order chi connectivity index (χ1) is 13.2. The number of rotatable bonds is 4. The number of carbonyl (C=O) groups is 1. The van der Waals surface area contributed by atoms with E-state index in [1.807, 2.05) is 42.5 Å². The largest absolute Gasteiger partial charge is 0.338 e. The third-order valence-electron chi connectivity index (χ3n) is 5.17. The second-order valence-corrected chi connectivity index (χ2v) is 7.06. The molecule has 6 heteroatoms. The van der Waals surface area contributed by atoms with Crippen LogP contribution in [0.4, 0.5) is 0 Å². The summed E-state index contributed by atoms with van der Waals surface area (Å²) in [6.45, 7) is 4.18. The van der Waals surface area contributed by atoms with E-state index in [1.165, 1.54) is 0 Å². The van der Waals surface area contributed by atoms with Crippen LogP contribution in [0.3, 0.4) is 0 Å². The maximum absolute atomic E-state index is 13.0. The Labute approximate surface area is 158 Å². The molecule has 0 aliphatic carbocycles. The number of likely N-dealkylation sites (tertiary alicyclic amines) is 1. The van der Waals surface area contributed by atoms with Crippen LogP contribution in [0.15, 0.2) is 55.4 Å². The minimum atomic E-state index is 0.0654. The van der Waals surface area contributed by atoms with Gasteiger partial charge in [0, 0.05) is 56.2 Å². The molecule has 0 N–H and O–H groups in total. The predicted octanol–water partition coefficient (Wildman–Crippen LogP) is 3.05. The summed E-state index contributed by atoms with van der Waals surface area (Å²) in [5, 5.41) is 0. The van der Waals surface area contributed by atoms with E-state index in [0.29, 0.717) is 12.1 Å². The Morgan fingerprint density at radius 3 is 2.89 bits per heavy atom. The van der Waals surface area contributed by atoms with Gasteiger partial charge in [-0.15, -0.1) is 0 Å². The first-order valence-electron chi connectivity index (χ1n) is 9.32. The van der Waals surface area contributed by atoms with Crippen molar-refractivity contribution in [3.8, 4) is 0 Å². The quantitative estimate of drug-likeness (QED) is 0.716. The van der Waals surface area contributed by atoms with E-state index in [1.54, 1.807) is 18.6 Å². The van der Waals surface area contributed by atoms with Crippen LogP contribution in [-0.2, 0) is 6.54 Å². The van der Waals surface area contributed by atoms with Gasteiger partial charge in [-0.25, -0.2) is 4.98 Å². The Bertz CT molecular complexity index is 921. The highest BCUT2D eigenvalue weighted by Gasteiger charge is 2.28. The van der Waals surface area contributed by atoms with E-state index in [-0.39, 0.29) is 11.8 Å².